The van der Waals surface area contributed by atoms with Crippen LogP contribution in [0.3, 0.4) is 0 Å². The number of pyridine rings is 1. The zero-order chi connectivity index (χ0) is 12.8. The maximum atomic E-state index is 9.21. The third kappa shape index (κ3) is 3.94. The molecule has 0 spiro atoms. The number of aliphatic hydroxyl groups is 1. The number of hydrogen-bond acceptors (Lipinski definition) is 3. The molecule has 1 aromatic rings. The molecular weight excluding hydrogens is 248 g/mol. The minimum Gasteiger partial charge on any atom is -0.395 e. The van der Waals surface area contributed by atoms with E-state index in [9.17, 15) is 5.11 Å². The highest BCUT2D eigenvalue weighted by atomic mass is 35.5. The summed E-state index contributed by atoms with van der Waals surface area (Å²) in [7, 11) is 0. The van der Waals surface area contributed by atoms with E-state index in [1.807, 2.05) is 12.1 Å². The van der Waals surface area contributed by atoms with Crippen LogP contribution in [0, 0.1) is 0 Å². The van der Waals surface area contributed by atoms with Crippen LogP contribution in [-0.4, -0.2) is 34.2 Å². The number of halogens is 1. The summed E-state index contributed by atoms with van der Waals surface area (Å²) >= 11 is 5.84. The van der Waals surface area contributed by atoms with Crippen molar-refractivity contribution < 1.29 is 5.11 Å². The van der Waals surface area contributed by atoms with Gasteiger partial charge in [-0.1, -0.05) is 30.9 Å². The molecule has 1 aliphatic carbocycles. The van der Waals surface area contributed by atoms with Crippen molar-refractivity contribution in [1.82, 2.24) is 9.88 Å². The van der Waals surface area contributed by atoms with E-state index in [0.29, 0.717) is 11.1 Å². The first-order valence-corrected chi connectivity index (χ1v) is 7.13. The first kappa shape index (κ1) is 13.8. The molecule has 1 heterocycles. The molecule has 0 atom stereocenters. The Hall–Kier alpha value is -0.640. The Bertz CT molecular complexity index is 349. The van der Waals surface area contributed by atoms with Gasteiger partial charge in [0, 0.05) is 25.3 Å². The van der Waals surface area contributed by atoms with E-state index in [4.69, 9.17) is 11.6 Å². The largest absolute Gasteiger partial charge is 0.395 e. The van der Waals surface area contributed by atoms with Crippen molar-refractivity contribution in [2.24, 2.45) is 0 Å². The fraction of sp³-hybridized carbons (Fsp3) is 0.643. The summed E-state index contributed by atoms with van der Waals surface area (Å²) in [5.41, 5.74) is 1.03. The van der Waals surface area contributed by atoms with E-state index in [1.165, 1.54) is 32.1 Å². The number of aliphatic hydroxyl groups excluding tert-OH is 1. The summed E-state index contributed by atoms with van der Waals surface area (Å²) in [6, 6.07) is 4.45. The smallest absolute Gasteiger partial charge is 0.0589 e. The lowest BCUT2D eigenvalue weighted by Gasteiger charge is -2.33. The molecule has 0 amide bonds. The van der Waals surface area contributed by atoms with Gasteiger partial charge >= 0.3 is 0 Å². The maximum absolute atomic E-state index is 9.21. The van der Waals surface area contributed by atoms with Crippen LogP contribution in [0.2, 0.25) is 5.02 Å². The van der Waals surface area contributed by atoms with Crippen LogP contribution in [0.5, 0.6) is 0 Å². The first-order chi connectivity index (χ1) is 8.79. The van der Waals surface area contributed by atoms with Gasteiger partial charge in [-0.2, -0.15) is 0 Å². The molecule has 18 heavy (non-hydrogen) atoms. The van der Waals surface area contributed by atoms with Crippen LogP contribution in [0.15, 0.2) is 18.3 Å². The minimum atomic E-state index is 0.212. The molecule has 0 bridgehead atoms. The number of rotatable bonds is 5. The average molecular weight is 269 g/mol. The molecule has 4 heteroatoms. The van der Waals surface area contributed by atoms with Gasteiger partial charge in [-0.25, -0.2) is 0 Å². The summed E-state index contributed by atoms with van der Waals surface area (Å²) in [6.45, 7) is 1.75. The van der Waals surface area contributed by atoms with Gasteiger partial charge in [-0.05, 0) is 25.0 Å². The molecule has 2 rings (SSSR count). The van der Waals surface area contributed by atoms with E-state index in [1.54, 1.807) is 6.20 Å². The number of nitrogens with zero attached hydrogens (tertiary/aromatic N) is 2. The van der Waals surface area contributed by atoms with E-state index in [0.717, 1.165) is 18.8 Å². The molecule has 100 valence electrons. The molecule has 0 aromatic carbocycles. The van der Waals surface area contributed by atoms with Crippen molar-refractivity contribution in [3.05, 3.63) is 29.0 Å². The lowest BCUT2D eigenvalue weighted by molar-refractivity contribution is 0.116. The van der Waals surface area contributed by atoms with Crippen LogP contribution in [0.1, 0.15) is 37.8 Å². The molecule has 1 saturated carbocycles. The Morgan fingerprint density at radius 1 is 1.28 bits per heavy atom. The highest BCUT2D eigenvalue weighted by molar-refractivity contribution is 6.30. The highest BCUT2D eigenvalue weighted by Gasteiger charge is 2.20. The quantitative estimate of drug-likeness (QED) is 0.892. The Kier molecular flexibility index (Phi) is 5.42. The Balaban J connectivity index is 1.98. The molecule has 3 nitrogen and oxygen atoms in total. The van der Waals surface area contributed by atoms with Crippen LogP contribution in [0.4, 0.5) is 0 Å². The minimum absolute atomic E-state index is 0.212. The van der Waals surface area contributed by atoms with Crippen molar-refractivity contribution in [3.63, 3.8) is 0 Å². The number of aromatic nitrogens is 1. The third-order valence-electron chi connectivity index (χ3n) is 3.63. The molecule has 1 aliphatic rings. The van der Waals surface area contributed by atoms with Gasteiger partial charge in [0.2, 0.25) is 0 Å². The standard InChI is InChI=1S/C14H21ClN2O/c15-12-6-7-13(16-10-12)11-17(8-9-18)14-4-2-1-3-5-14/h6-7,10,14,18H,1-5,8-9,11H2. The van der Waals surface area contributed by atoms with Crippen LogP contribution >= 0.6 is 11.6 Å². The maximum Gasteiger partial charge on any atom is 0.0589 e. The second-order valence-corrected chi connectivity index (χ2v) is 5.39. The van der Waals surface area contributed by atoms with Crippen LogP contribution < -0.4 is 0 Å². The Morgan fingerprint density at radius 2 is 2.06 bits per heavy atom. The van der Waals surface area contributed by atoms with Gasteiger partial charge in [-0.15, -0.1) is 0 Å². The third-order valence-corrected chi connectivity index (χ3v) is 3.86. The van der Waals surface area contributed by atoms with Crippen molar-refractivity contribution in [3.8, 4) is 0 Å². The van der Waals surface area contributed by atoms with Crippen LogP contribution in [-0.2, 0) is 6.54 Å². The molecule has 0 unspecified atom stereocenters. The molecule has 0 saturated heterocycles. The van der Waals surface area contributed by atoms with Gasteiger partial charge in [0.1, 0.15) is 0 Å². The first-order valence-electron chi connectivity index (χ1n) is 6.75. The van der Waals surface area contributed by atoms with Crippen molar-refractivity contribution in [1.29, 1.82) is 0 Å². The monoisotopic (exact) mass is 268 g/mol. The van der Waals surface area contributed by atoms with E-state index in [-0.39, 0.29) is 6.61 Å². The normalized spacial score (nSPS) is 17.3. The van der Waals surface area contributed by atoms with Gasteiger partial charge in [0.25, 0.3) is 0 Å². The zero-order valence-corrected chi connectivity index (χ0v) is 11.4. The molecule has 1 aromatic heterocycles. The average Bonchev–Trinajstić information content (AvgIpc) is 2.42. The fourth-order valence-electron chi connectivity index (χ4n) is 2.67. The van der Waals surface area contributed by atoms with Gasteiger partial charge in [-0.3, -0.25) is 9.88 Å². The molecule has 0 radical (unpaired) electrons. The lowest BCUT2D eigenvalue weighted by atomic mass is 9.94. The highest BCUT2D eigenvalue weighted by Crippen LogP contribution is 2.23. The summed E-state index contributed by atoms with van der Waals surface area (Å²) < 4.78 is 0. The fourth-order valence-corrected chi connectivity index (χ4v) is 2.79. The topological polar surface area (TPSA) is 36.4 Å². The van der Waals surface area contributed by atoms with Crippen molar-refractivity contribution in [2.45, 2.75) is 44.7 Å². The lowest BCUT2D eigenvalue weighted by Crippen LogP contribution is -2.38. The second-order valence-electron chi connectivity index (χ2n) is 4.95. The van der Waals surface area contributed by atoms with Crippen molar-refractivity contribution >= 4 is 11.6 Å². The summed E-state index contributed by atoms with van der Waals surface area (Å²) in [4.78, 5) is 6.70. The van der Waals surface area contributed by atoms with Gasteiger partial charge in [0.05, 0.1) is 17.3 Å². The van der Waals surface area contributed by atoms with Crippen molar-refractivity contribution in [2.75, 3.05) is 13.2 Å². The zero-order valence-electron chi connectivity index (χ0n) is 10.7. The van der Waals surface area contributed by atoms with E-state index < -0.39 is 0 Å². The van der Waals surface area contributed by atoms with E-state index in [2.05, 4.69) is 9.88 Å². The number of hydrogen-bond donors (Lipinski definition) is 1. The SMILES string of the molecule is OCCN(Cc1ccc(Cl)cn1)C1CCCCC1. The molecule has 0 aliphatic heterocycles. The van der Waals surface area contributed by atoms with Gasteiger partial charge < -0.3 is 5.11 Å². The molecule has 1 N–H and O–H groups in total. The Labute approximate surface area is 114 Å². The molecule has 1 fully saturated rings. The second kappa shape index (κ2) is 7.07. The predicted octanol–water partition coefficient (Wildman–Crippen LogP) is 2.86. The summed E-state index contributed by atoms with van der Waals surface area (Å²) in [5, 5.41) is 9.88. The summed E-state index contributed by atoms with van der Waals surface area (Å²) in [5.74, 6) is 0. The molecular formula is C14H21ClN2O. The van der Waals surface area contributed by atoms with E-state index >= 15 is 0 Å². The van der Waals surface area contributed by atoms with Crippen LogP contribution in [0.25, 0.3) is 0 Å². The van der Waals surface area contributed by atoms with Gasteiger partial charge in [0.15, 0.2) is 0 Å². The Morgan fingerprint density at radius 3 is 2.67 bits per heavy atom. The predicted molar refractivity (Wildman–Crippen MR) is 73.6 cm³/mol. The summed E-state index contributed by atoms with van der Waals surface area (Å²) in [6.07, 6.45) is 8.14.